The van der Waals surface area contributed by atoms with Crippen LogP contribution in [0.4, 0.5) is 0 Å². The standard InChI is InChI=1S/C24H31N5O2/c1-2-17-7-4-3-5-8-18(13-17)14-26-23(30)21-9-6-10-22-27-20(16-29(21)22)24(31)28-12-11-19(25)15-28/h5-6,9-10,16-17,19H,2-4,7,11-15,25H2,1H3,(H,26,30)/t8?,17?,19-/m0/s1. The number of pyridine rings is 1. The lowest BCUT2D eigenvalue weighted by Gasteiger charge is -2.17. The molecule has 4 rings (SSSR count). The van der Waals surface area contributed by atoms with E-state index in [1.54, 1.807) is 33.7 Å². The largest absolute Gasteiger partial charge is 0.346 e. The molecule has 3 N–H and O–H groups in total. The van der Waals surface area contributed by atoms with E-state index in [-0.39, 0.29) is 17.9 Å². The number of aromatic nitrogens is 2. The second-order valence-corrected chi connectivity index (χ2v) is 8.61. The molecule has 2 aromatic rings. The Morgan fingerprint density at radius 2 is 2.19 bits per heavy atom. The molecule has 2 aromatic heterocycles. The lowest BCUT2D eigenvalue weighted by molar-refractivity contribution is 0.0785. The van der Waals surface area contributed by atoms with Crippen LogP contribution in [-0.2, 0) is 0 Å². The van der Waals surface area contributed by atoms with Crippen molar-refractivity contribution in [3.8, 4) is 0 Å². The summed E-state index contributed by atoms with van der Waals surface area (Å²) in [7, 11) is 0. The van der Waals surface area contributed by atoms with Gasteiger partial charge in [0.2, 0.25) is 0 Å². The molecule has 3 heterocycles. The first-order chi connectivity index (χ1) is 15.0. The van der Waals surface area contributed by atoms with Crippen LogP contribution in [-0.4, -0.2) is 51.8 Å². The summed E-state index contributed by atoms with van der Waals surface area (Å²) in [5.74, 6) is 0.325. The van der Waals surface area contributed by atoms with E-state index in [2.05, 4.69) is 29.0 Å². The molecule has 0 saturated carbocycles. The Morgan fingerprint density at radius 3 is 2.97 bits per heavy atom. The average molecular weight is 422 g/mol. The molecular weight excluding hydrogens is 390 g/mol. The third-order valence-corrected chi connectivity index (χ3v) is 6.30. The Kier molecular flexibility index (Phi) is 6.54. The fourth-order valence-corrected chi connectivity index (χ4v) is 4.42. The van der Waals surface area contributed by atoms with E-state index < -0.39 is 0 Å². The van der Waals surface area contributed by atoms with Crippen molar-refractivity contribution < 1.29 is 9.59 Å². The van der Waals surface area contributed by atoms with Crippen LogP contribution in [0.15, 0.2) is 41.8 Å². The summed E-state index contributed by atoms with van der Waals surface area (Å²) in [6.45, 7) is 3.89. The normalized spacial score (nSPS) is 21.6. The summed E-state index contributed by atoms with van der Waals surface area (Å²) < 4.78 is 1.69. The van der Waals surface area contributed by atoms with Crippen molar-refractivity contribution in [2.45, 2.75) is 51.5 Å². The molecule has 164 valence electrons. The van der Waals surface area contributed by atoms with Crippen molar-refractivity contribution in [3.05, 3.63) is 53.2 Å². The fourth-order valence-electron chi connectivity index (χ4n) is 4.42. The van der Waals surface area contributed by atoms with Gasteiger partial charge in [-0.15, -0.1) is 5.73 Å². The van der Waals surface area contributed by atoms with E-state index in [1.807, 2.05) is 0 Å². The molecule has 31 heavy (non-hydrogen) atoms. The molecule has 0 spiro atoms. The molecule has 1 saturated heterocycles. The number of nitrogens with two attached hydrogens (primary N) is 1. The first-order valence-corrected chi connectivity index (χ1v) is 11.3. The van der Waals surface area contributed by atoms with Crippen LogP contribution in [0, 0.1) is 5.92 Å². The SMILES string of the molecule is CCC1CCCC=C=C(CNC(=O)c2cccc3nc(C(=O)N4CC[C@H](N)C4)cn23)C1. The maximum atomic E-state index is 13.0. The number of rotatable bonds is 5. The number of nitrogens with one attached hydrogen (secondary N) is 1. The number of carbonyl (C=O) groups is 2. The molecule has 0 radical (unpaired) electrons. The van der Waals surface area contributed by atoms with Crippen LogP contribution in [0.5, 0.6) is 0 Å². The summed E-state index contributed by atoms with van der Waals surface area (Å²) in [5, 5.41) is 3.03. The Hall–Kier alpha value is -2.89. The summed E-state index contributed by atoms with van der Waals surface area (Å²) in [5.41, 5.74) is 11.8. The number of imidazole rings is 1. The van der Waals surface area contributed by atoms with Gasteiger partial charge in [0.25, 0.3) is 11.8 Å². The number of carbonyl (C=O) groups excluding carboxylic acids is 2. The molecule has 0 aromatic carbocycles. The topological polar surface area (TPSA) is 92.7 Å². The van der Waals surface area contributed by atoms with Crippen molar-refractivity contribution in [1.29, 1.82) is 0 Å². The van der Waals surface area contributed by atoms with Crippen molar-refractivity contribution in [2.24, 2.45) is 11.7 Å². The van der Waals surface area contributed by atoms with Crippen molar-refractivity contribution in [2.75, 3.05) is 19.6 Å². The third-order valence-electron chi connectivity index (χ3n) is 6.30. The zero-order valence-corrected chi connectivity index (χ0v) is 18.1. The number of hydrogen-bond donors (Lipinski definition) is 2. The van der Waals surface area contributed by atoms with Crippen LogP contribution in [0.1, 0.15) is 66.4 Å². The Morgan fingerprint density at radius 1 is 1.32 bits per heavy atom. The van der Waals surface area contributed by atoms with Crippen molar-refractivity contribution in [3.63, 3.8) is 0 Å². The second-order valence-electron chi connectivity index (χ2n) is 8.61. The Labute approximate surface area is 183 Å². The average Bonchev–Trinajstić information content (AvgIpc) is 3.38. The quantitative estimate of drug-likeness (QED) is 0.726. The van der Waals surface area contributed by atoms with E-state index >= 15 is 0 Å². The zero-order chi connectivity index (χ0) is 21.8. The summed E-state index contributed by atoms with van der Waals surface area (Å²) in [6.07, 6.45) is 10.1. The molecule has 1 unspecified atom stereocenters. The molecule has 1 fully saturated rings. The van der Waals surface area contributed by atoms with Gasteiger partial charge in [-0.1, -0.05) is 19.4 Å². The van der Waals surface area contributed by atoms with Crippen molar-refractivity contribution >= 4 is 17.5 Å². The predicted octanol–water partition coefficient (Wildman–Crippen LogP) is 2.92. The van der Waals surface area contributed by atoms with Gasteiger partial charge in [0, 0.05) is 31.9 Å². The van der Waals surface area contributed by atoms with Gasteiger partial charge in [0.15, 0.2) is 0 Å². The minimum Gasteiger partial charge on any atom is -0.346 e. The van der Waals surface area contributed by atoms with Crippen LogP contribution in [0.2, 0.25) is 0 Å². The molecule has 7 nitrogen and oxygen atoms in total. The van der Waals surface area contributed by atoms with E-state index in [1.165, 1.54) is 12.8 Å². The van der Waals surface area contributed by atoms with E-state index in [0.29, 0.717) is 42.6 Å². The highest BCUT2D eigenvalue weighted by Gasteiger charge is 2.26. The van der Waals surface area contributed by atoms with E-state index in [0.717, 1.165) is 31.3 Å². The molecule has 7 heteroatoms. The van der Waals surface area contributed by atoms with Gasteiger partial charge in [0.1, 0.15) is 17.0 Å². The van der Waals surface area contributed by atoms with Gasteiger partial charge in [-0.3, -0.25) is 14.0 Å². The van der Waals surface area contributed by atoms with Crippen LogP contribution < -0.4 is 11.1 Å². The van der Waals surface area contributed by atoms with Crippen molar-refractivity contribution in [1.82, 2.24) is 19.6 Å². The highest BCUT2D eigenvalue weighted by atomic mass is 16.2. The van der Waals surface area contributed by atoms with Crippen LogP contribution >= 0.6 is 0 Å². The van der Waals surface area contributed by atoms with Gasteiger partial charge in [0.05, 0.1) is 0 Å². The van der Waals surface area contributed by atoms with E-state index in [9.17, 15) is 9.59 Å². The third kappa shape index (κ3) is 4.89. The van der Waals surface area contributed by atoms with Crippen LogP contribution in [0.25, 0.3) is 5.65 Å². The van der Waals surface area contributed by atoms with Gasteiger partial charge < -0.3 is 16.0 Å². The lowest BCUT2D eigenvalue weighted by atomic mass is 9.90. The number of fused-ring (bicyclic) bond motifs is 1. The minimum absolute atomic E-state index is 0.0197. The number of amides is 2. The highest BCUT2D eigenvalue weighted by Crippen LogP contribution is 2.22. The lowest BCUT2D eigenvalue weighted by Crippen LogP contribution is -2.32. The summed E-state index contributed by atoms with van der Waals surface area (Å²) in [6, 6.07) is 5.36. The minimum atomic E-state index is -0.186. The summed E-state index contributed by atoms with van der Waals surface area (Å²) in [4.78, 5) is 31.9. The second kappa shape index (κ2) is 9.50. The molecular formula is C24H31N5O2. The zero-order valence-electron chi connectivity index (χ0n) is 18.1. The maximum absolute atomic E-state index is 13.0. The van der Waals surface area contributed by atoms with Gasteiger partial charge in [-0.25, -0.2) is 4.98 Å². The number of hydrogen-bond acceptors (Lipinski definition) is 4. The monoisotopic (exact) mass is 421 g/mol. The molecule has 1 aliphatic heterocycles. The van der Waals surface area contributed by atoms with E-state index in [4.69, 9.17) is 5.73 Å². The van der Waals surface area contributed by atoms with Crippen LogP contribution in [0.3, 0.4) is 0 Å². The summed E-state index contributed by atoms with van der Waals surface area (Å²) >= 11 is 0. The Balaban J connectivity index is 1.50. The first kappa shape index (κ1) is 21.3. The van der Waals surface area contributed by atoms with Gasteiger partial charge >= 0.3 is 0 Å². The number of likely N-dealkylation sites (tertiary alicyclic amines) is 1. The fraction of sp³-hybridized carbons (Fsp3) is 0.500. The Bertz CT molecular complexity index is 1030. The first-order valence-electron chi connectivity index (χ1n) is 11.3. The predicted molar refractivity (Wildman–Crippen MR) is 120 cm³/mol. The molecule has 2 aliphatic rings. The number of nitrogens with zero attached hydrogens (tertiary/aromatic N) is 3. The highest BCUT2D eigenvalue weighted by molar-refractivity contribution is 5.95. The van der Waals surface area contributed by atoms with Gasteiger partial charge in [-0.2, -0.15) is 0 Å². The molecule has 0 bridgehead atoms. The molecule has 2 amide bonds. The smallest absolute Gasteiger partial charge is 0.274 e. The molecule has 1 aliphatic carbocycles. The maximum Gasteiger partial charge on any atom is 0.274 e. The van der Waals surface area contributed by atoms with Gasteiger partial charge in [-0.05, 0) is 61.8 Å². The molecule has 2 atom stereocenters.